The fraction of sp³-hybridized carbons (Fsp3) is 0.250. The Morgan fingerprint density at radius 2 is 2.22 bits per heavy atom. The largest absolute Gasteiger partial charge is 0.421 e. The molecule has 1 N–H and O–H groups in total. The van der Waals surface area contributed by atoms with E-state index in [1.54, 1.807) is 18.3 Å². The summed E-state index contributed by atoms with van der Waals surface area (Å²) in [5.41, 5.74) is -0.136. The van der Waals surface area contributed by atoms with Crippen LogP contribution in [-0.4, -0.2) is 21.4 Å². The minimum absolute atomic E-state index is 0.0450. The van der Waals surface area contributed by atoms with E-state index < -0.39 is 16.4 Å². The molecule has 1 aromatic carbocycles. The van der Waals surface area contributed by atoms with Gasteiger partial charge in [-0.05, 0) is 18.2 Å². The monoisotopic (exact) mass is 246 g/mol. The van der Waals surface area contributed by atoms with Crippen molar-refractivity contribution in [2.24, 2.45) is 0 Å². The van der Waals surface area contributed by atoms with Crippen molar-refractivity contribution in [2.45, 2.75) is 18.9 Å². The number of esters is 1. The number of fused-ring (bicyclic) bond motifs is 3. The first-order valence-electron chi connectivity index (χ1n) is 5.48. The van der Waals surface area contributed by atoms with E-state index in [1.165, 1.54) is 6.92 Å². The standard InChI is InChI=1S/C12H10N2O4/c1-12(14(16)17)6-8-7-4-5-13-9(7)2-3-10(8)18-11(12)15/h2-5,13H,6H2,1H3. The third-order valence-electron chi connectivity index (χ3n) is 3.37. The quantitative estimate of drug-likeness (QED) is 0.359. The predicted octanol–water partition coefficient (Wildman–Crippen LogP) is 1.66. The Hall–Kier alpha value is -2.37. The van der Waals surface area contributed by atoms with Gasteiger partial charge in [0.15, 0.2) is 0 Å². The van der Waals surface area contributed by atoms with Crippen LogP contribution in [0.3, 0.4) is 0 Å². The number of carbonyl (C=O) groups excluding carboxylic acids is 1. The van der Waals surface area contributed by atoms with Crippen molar-refractivity contribution in [1.29, 1.82) is 0 Å². The SMILES string of the molecule is CC1([N+](=O)[O-])Cc2c(ccc3[nH]ccc23)OC1=O. The third-order valence-corrected chi connectivity index (χ3v) is 3.37. The molecule has 6 heteroatoms. The normalized spacial score (nSPS) is 22.6. The summed E-state index contributed by atoms with van der Waals surface area (Å²) in [6, 6.07) is 5.27. The van der Waals surface area contributed by atoms with Crippen molar-refractivity contribution in [3.63, 3.8) is 0 Å². The number of aromatic nitrogens is 1. The number of ether oxygens (including phenoxy) is 1. The fourth-order valence-electron chi connectivity index (χ4n) is 2.22. The highest BCUT2D eigenvalue weighted by molar-refractivity contribution is 5.91. The Morgan fingerprint density at radius 3 is 2.94 bits per heavy atom. The van der Waals surface area contributed by atoms with Crippen LogP contribution >= 0.6 is 0 Å². The lowest BCUT2D eigenvalue weighted by atomic mass is 9.89. The number of carbonyl (C=O) groups is 1. The topological polar surface area (TPSA) is 85.2 Å². The zero-order valence-corrected chi connectivity index (χ0v) is 9.60. The van der Waals surface area contributed by atoms with Gasteiger partial charge in [-0.1, -0.05) is 0 Å². The van der Waals surface area contributed by atoms with Gasteiger partial charge in [-0.25, -0.2) is 4.79 Å². The van der Waals surface area contributed by atoms with Crippen molar-refractivity contribution in [1.82, 2.24) is 4.98 Å². The van der Waals surface area contributed by atoms with E-state index in [0.717, 1.165) is 10.9 Å². The second kappa shape index (κ2) is 3.32. The first-order chi connectivity index (χ1) is 8.52. The molecule has 0 saturated carbocycles. The van der Waals surface area contributed by atoms with Crippen LogP contribution in [0, 0.1) is 10.1 Å². The first-order valence-corrected chi connectivity index (χ1v) is 5.48. The Bertz CT molecular complexity index is 676. The van der Waals surface area contributed by atoms with Gasteiger partial charge in [-0.2, -0.15) is 0 Å². The predicted molar refractivity (Wildman–Crippen MR) is 63.0 cm³/mol. The fourth-order valence-corrected chi connectivity index (χ4v) is 2.22. The lowest BCUT2D eigenvalue weighted by Crippen LogP contribution is -2.50. The van der Waals surface area contributed by atoms with Crippen molar-refractivity contribution in [2.75, 3.05) is 0 Å². The number of aromatic amines is 1. The van der Waals surface area contributed by atoms with Crippen molar-refractivity contribution in [3.05, 3.63) is 40.1 Å². The molecule has 1 unspecified atom stereocenters. The summed E-state index contributed by atoms with van der Waals surface area (Å²) in [4.78, 5) is 25.2. The number of hydrogen-bond donors (Lipinski definition) is 1. The maximum atomic E-state index is 11.7. The molecular weight excluding hydrogens is 236 g/mol. The van der Waals surface area contributed by atoms with Gasteiger partial charge in [0.05, 0.1) is 6.42 Å². The third kappa shape index (κ3) is 1.25. The number of H-pyrrole nitrogens is 1. The lowest BCUT2D eigenvalue weighted by molar-refractivity contribution is -0.550. The molecule has 2 heterocycles. The van der Waals surface area contributed by atoms with E-state index in [4.69, 9.17) is 4.74 Å². The van der Waals surface area contributed by atoms with Crippen LogP contribution in [0.25, 0.3) is 10.9 Å². The molecule has 0 radical (unpaired) electrons. The van der Waals surface area contributed by atoms with Crippen LogP contribution < -0.4 is 4.74 Å². The molecule has 0 aliphatic carbocycles. The van der Waals surface area contributed by atoms with E-state index in [-0.39, 0.29) is 6.42 Å². The summed E-state index contributed by atoms with van der Waals surface area (Å²) in [6.45, 7) is 1.30. The summed E-state index contributed by atoms with van der Waals surface area (Å²) < 4.78 is 5.09. The summed E-state index contributed by atoms with van der Waals surface area (Å²) in [6.07, 6.45) is 1.80. The number of nitrogens with zero attached hydrogens (tertiary/aromatic N) is 1. The molecule has 92 valence electrons. The molecule has 1 aliphatic rings. The lowest BCUT2D eigenvalue weighted by Gasteiger charge is -2.25. The molecule has 0 bridgehead atoms. The van der Waals surface area contributed by atoms with Gasteiger partial charge in [-0.3, -0.25) is 10.1 Å². The number of nitrogens with one attached hydrogen (secondary N) is 1. The number of rotatable bonds is 1. The van der Waals surface area contributed by atoms with Crippen LogP contribution in [0.4, 0.5) is 0 Å². The highest BCUT2D eigenvalue weighted by atomic mass is 16.6. The van der Waals surface area contributed by atoms with E-state index in [9.17, 15) is 14.9 Å². The molecule has 2 aromatic rings. The van der Waals surface area contributed by atoms with Gasteiger partial charge in [0, 0.05) is 34.5 Å². The molecule has 1 atom stereocenters. The minimum Gasteiger partial charge on any atom is -0.421 e. The maximum absolute atomic E-state index is 11.7. The molecule has 0 saturated heterocycles. The highest BCUT2D eigenvalue weighted by Gasteiger charge is 2.51. The Labute approximate surface area is 102 Å². The minimum atomic E-state index is -1.71. The molecular formula is C12H10N2O4. The van der Waals surface area contributed by atoms with Crippen molar-refractivity contribution >= 4 is 16.9 Å². The molecule has 0 fully saturated rings. The van der Waals surface area contributed by atoms with Crippen LogP contribution in [-0.2, 0) is 11.2 Å². The van der Waals surface area contributed by atoms with Crippen molar-refractivity contribution < 1.29 is 14.5 Å². The summed E-state index contributed by atoms with van der Waals surface area (Å²) in [5, 5.41) is 11.9. The molecule has 1 aromatic heterocycles. The summed E-state index contributed by atoms with van der Waals surface area (Å²) >= 11 is 0. The molecule has 18 heavy (non-hydrogen) atoms. The van der Waals surface area contributed by atoms with Gasteiger partial charge in [0.25, 0.3) is 0 Å². The van der Waals surface area contributed by atoms with Crippen LogP contribution in [0.2, 0.25) is 0 Å². The first kappa shape index (κ1) is 10.8. The Morgan fingerprint density at radius 1 is 1.44 bits per heavy atom. The molecule has 0 spiro atoms. The number of nitro groups is 1. The van der Waals surface area contributed by atoms with Crippen LogP contribution in [0.5, 0.6) is 5.75 Å². The zero-order chi connectivity index (χ0) is 12.9. The van der Waals surface area contributed by atoms with Crippen molar-refractivity contribution in [3.8, 4) is 5.75 Å². The second-order valence-corrected chi connectivity index (χ2v) is 4.58. The highest BCUT2D eigenvalue weighted by Crippen LogP contribution is 2.36. The van der Waals surface area contributed by atoms with E-state index >= 15 is 0 Å². The smallest absolute Gasteiger partial charge is 0.390 e. The van der Waals surface area contributed by atoms with Gasteiger partial charge < -0.3 is 9.72 Å². The molecule has 6 nitrogen and oxygen atoms in total. The van der Waals surface area contributed by atoms with Crippen LogP contribution in [0.15, 0.2) is 24.4 Å². The number of hydrogen-bond acceptors (Lipinski definition) is 4. The Balaban J connectivity index is 2.23. The second-order valence-electron chi connectivity index (χ2n) is 4.58. The molecule has 1 aliphatic heterocycles. The maximum Gasteiger partial charge on any atom is 0.390 e. The van der Waals surface area contributed by atoms with Crippen LogP contribution in [0.1, 0.15) is 12.5 Å². The summed E-state index contributed by atoms with van der Waals surface area (Å²) in [5.74, 6) is -0.402. The van der Waals surface area contributed by atoms with Gasteiger partial charge in [-0.15, -0.1) is 0 Å². The zero-order valence-electron chi connectivity index (χ0n) is 9.60. The van der Waals surface area contributed by atoms with Gasteiger partial charge >= 0.3 is 11.5 Å². The van der Waals surface area contributed by atoms with E-state index in [2.05, 4.69) is 4.98 Å². The summed E-state index contributed by atoms with van der Waals surface area (Å²) in [7, 11) is 0. The van der Waals surface area contributed by atoms with Gasteiger partial charge in [0.2, 0.25) is 0 Å². The Kier molecular flexibility index (Phi) is 1.98. The molecule has 0 amide bonds. The van der Waals surface area contributed by atoms with Gasteiger partial charge in [0.1, 0.15) is 5.75 Å². The average Bonchev–Trinajstić information content (AvgIpc) is 2.79. The average molecular weight is 246 g/mol. The molecule has 3 rings (SSSR count). The number of benzene rings is 1. The van der Waals surface area contributed by atoms with E-state index in [1.807, 2.05) is 6.07 Å². The van der Waals surface area contributed by atoms with E-state index in [0.29, 0.717) is 11.3 Å².